The van der Waals surface area contributed by atoms with Crippen molar-refractivity contribution in [1.82, 2.24) is 0 Å². The molecule has 2 unspecified atom stereocenters. The lowest BCUT2D eigenvalue weighted by molar-refractivity contribution is -0.384. The van der Waals surface area contributed by atoms with Crippen LogP contribution in [-0.2, 0) is 0 Å². The predicted molar refractivity (Wildman–Crippen MR) is 62.4 cm³/mol. The summed E-state index contributed by atoms with van der Waals surface area (Å²) in [5, 5.41) is 10.9. The Morgan fingerprint density at radius 1 is 1.53 bits per heavy atom. The summed E-state index contributed by atoms with van der Waals surface area (Å²) in [5.41, 5.74) is 6.11. The molecule has 1 heterocycles. The van der Waals surface area contributed by atoms with Crippen LogP contribution in [-0.4, -0.2) is 24.1 Å². The molecular weight excluding hydrogens is 225 g/mol. The largest absolute Gasteiger partial charge is 0.364 e. The standard InChI is InChI=1S/C11H14FN3O2/c1-7-5-14(6-9(7)13)10-3-2-8(12)4-11(10)15(16)17/h2-4,7,9H,5-6,13H2,1H3. The van der Waals surface area contributed by atoms with Gasteiger partial charge in [-0.15, -0.1) is 0 Å². The minimum atomic E-state index is -0.600. The molecule has 1 aliphatic rings. The zero-order valence-electron chi connectivity index (χ0n) is 9.47. The summed E-state index contributed by atoms with van der Waals surface area (Å²) in [6, 6.07) is 3.62. The van der Waals surface area contributed by atoms with Gasteiger partial charge in [-0.3, -0.25) is 10.1 Å². The van der Waals surface area contributed by atoms with Crippen LogP contribution in [0.2, 0.25) is 0 Å². The van der Waals surface area contributed by atoms with Crippen molar-refractivity contribution in [2.45, 2.75) is 13.0 Å². The first kappa shape index (κ1) is 11.8. The Kier molecular flexibility index (Phi) is 2.97. The fourth-order valence-corrected chi connectivity index (χ4v) is 2.10. The second kappa shape index (κ2) is 4.29. The van der Waals surface area contributed by atoms with Crippen molar-refractivity contribution in [2.75, 3.05) is 18.0 Å². The Morgan fingerprint density at radius 2 is 2.24 bits per heavy atom. The highest BCUT2D eigenvalue weighted by Gasteiger charge is 2.30. The monoisotopic (exact) mass is 239 g/mol. The number of nitrogens with zero attached hydrogens (tertiary/aromatic N) is 2. The van der Waals surface area contributed by atoms with E-state index in [1.807, 2.05) is 11.8 Å². The van der Waals surface area contributed by atoms with Crippen molar-refractivity contribution < 1.29 is 9.31 Å². The van der Waals surface area contributed by atoms with Crippen molar-refractivity contribution in [3.63, 3.8) is 0 Å². The summed E-state index contributed by atoms with van der Waals surface area (Å²) in [7, 11) is 0. The smallest absolute Gasteiger partial charge is 0.295 e. The number of nitrogens with two attached hydrogens (primary N) is 1. The minimum absolute atomic E-state index is 0.000317. The lowest BCUT2D eigenvalue weighted by Crippen LogP contribution is -2.28. The molecule has 1 fully saturated rings. The molecule has 0 aliphatic carbocycles. The van der Waals surface area contributed by atoms with Gasteiger partial charge >= 0.3 is 0 Å². The molecule has 6 heteroatoms. The first-order valence-electron chi connectivity index (χ1n) is 5.43. The topological polar surface area (TPSA) is 72.4 Å². The number of nitro groups is 1. The Morgan fingerprint density at radius 3 is 2.76 bits per heavy atom. The van der Waals surface area contributed by atoms with Crippen LogP contribution < -0.4 is 10.6 Å². The van der Waals surface area contributed by atoms with E-state index < -0.39 is 10.7 Å². The van der Waals surface area contributed by atoms with E-state index >= 15 is 0 Å². The molecule has 1 aromatic carbocycles. The van der Waals surface area contributed by atoms with Gasteiger partial charge in [0, 0.05) is 19.1 Å². The lowest BCUT2D eigenvalue weighted by atomic mass is 10.1. The summed E-state index contributed by atoms with van der Waals surface area (Å²) in [6.45, 7) is 3.22. The summed E-state index contributed by atoms with van der Waals surface area (Å²) >= 11 is 0. The molecule has 2 rings (SSSR count). The van der Waals surface area contributed by atoms with E-state index in [-0.39, 0.29) is 17.6 Å². The maximum Gasteiger partial charge on any atom is 0.295 e. The van der Waals surface area contributed by atoms with Gasteiger partial charge in [0.15, 0.2) is 0 Å². The van der Waals surface area contributed by atoms with E-state index in [1.54, 1.807) is 0 Å². The van der Waals surface area contributed by atoms with E-state index in [0.717, 1.165) is 6.07 Å². The Hall–Kier alpha value is -1.69. The third-order valence-corrected chi connectivity index (χ3v) is 3.15. The molecule has 0 spiro atoms. The summed E-state index contributed by atoms with van der Waals surface area (Å²) < 4.78 is 13.0. The molecule has 2 atom stereocenters. The molecule has 2 N–H and O–H groups in total. The van der Waals surface area contributed by atoms with E-state index in [9.17, 15) is 14.5 Å². The van der Waals surface area contributed by atoms with Crippen LogP contribution >= 0.6 is 0 Å². The van der Waals surface area contributed by atoms with Crippen LogP contribution in [0.4, 0.5) is 15.8 Å². The highest BCUT2D eigenvalue weighted by Crippen LogP contribution is 2.32. The van der Waals surface area contributed by atoms with Crippen LogP contribution in [0, 0.1) is 21.8 Å². The number of benzene rings is 1. The molecule has 0 radical (unpaired) electrons. The second-order valence-electron chi connectivity index (χ2n) is 4.44. The van der Waals surface area contributed by atoms with Gasteiger partial charge in [0.25, 0.3) is 5.69 Å². The highest BCUT2D eigenvalue weighted by atomic mass is 19.1. The average Bonchev–Trinajstić information content (AvgIpc) is 2.59. The van der Waals surface area contributed by atoms with Crippen LogP contribution in [0.25, 0.3) is 0 Å². The van der Waals surface area contributed by atoms with Gasteiger partial charge in [0.2, 0.25) is 0 Å². The Balaban J connectivity index is 2.36. The third kappa shape index (κ3) is 2.21. The predicted octanol–water partition coefficient (Wildman–Crippen LogP) is 1.52. The first-order chi connectivity index (χ1) is 7.99. The van der Waals surface area contributed by atoms with E-state index in [0.29, 0.717) is 18.8 Å². The van der Waals surface area contributed by atoms with Crippen LogP contribution in [0.1, 0.15) is 6.92 Å². The molecule has 1 aromatic rings. The third-order valence-electron chi connectivity index (χ3n) is 3.15. The molecule has 5 nitrogen and oxygen atoms in total. The molecule has 1 saturated heterocycles. The molecule has 92 valence electrons. The molecule has 0 bridgehead atoms. The highest BCUT2D eigenvalue weighted by molar-refractivity contribution is 5.64. The zero-order valence-corrected chi connectivity index (χ0v) is 9.47. The van der Waals surface area contributed by atoms with E-state index in [2.05, 4.69) is 0 Å². The SMILES string of the molecule is CC1CN(c2ccc(F)cc2[N+](=O)[O-])CC1N. The zero-order chi connectivity index (χ0) is 12.6. The number of hydrogen-bond donors (Lipinski definition) is 1. The Labute approximate surface area is 98.2 Å². The first-order valence-corrected chi connectivity index (χ1v) is 5.43. The van der Waals surface area contributed by atoms with Gasteiger partial charge in [0.1, 0.15) is 11.5 Å². The summed E-state index contributed by atoms with van der Waals surface area (Å²) in [6.07, 6.45) is 0. The van der Waals surface area contributed by atoms with Gasteiger partial charge < -0.3 is 10.6 Å². The van der Waals surface area contributed by atoms with Crippen LogP contribution in [0.3, 0.4) is 0 Å². The quantitative estimate of drug-likeness (QED) is 0.627. The van der Waals surface area contributed by atoms with Crippen molar-refractivity contribution in [3.05, 3.63) is 34.1 Å². The maximum atomic E-state index is 13.0. The fourth-order valence-electron chi connectivity index (χ4n) is 2.10. The van der Waals surface area contributed by atoms with Crippen molar-refractivity contribution in [1.29, 1.82) is 0 Å². The van der Waals surface area contributed by atoms with Crippen LogP contribution in [0.5, 0.6) is 0 Å². The number of rotatable bonds is 2. The van der Waals surface area contributed by atoms with Gasteiger partial charge in [-0.05, 0) is 18.1 Å². The normalized spacial score (nSPS) is 24.1. The van der Waals surface area contributed by atoms with Gasteiger partial charge in [0.05, 0.1) is 11.0 Å². The molecule has 1 aliphatic heterocycles. The number of halogens is 1. The number of anilines is 1. The maximum absolute atomic E-state index is 13.0. The van der Waals surface area contributed by atoms with Gasteiger partial charge in [-0.25, -0.2) is 4.39 Å². The van der Waals surface area contributed by atoms with E-state index in [1.165, 1.54) is 12.1 Å². The number of hydrogen-bond acceptors (Lipinski definition) is 4. The number of nitro benzene ring substituents is 1. The van der Waals surface area contributed by atoms with Gasteiger partial charge in [-0.2, -0.15) is 0 Å². The molecular formula is C11H14FN3O2. The second-order valence-corrected chi connectivity index (χ2v) is 4.44. The van der Waals surface area contributed by atoms with Crippen molar-refractivity contribution >= 4 is 11.4 Å². The molecule has 0 amide bonds. The van der Waals surface area contributed by atoms with Crippen LogP contribution in [0.15, 0.2) is 18.2 Å². The summed E-state index contributed by atoms with van der Waals surface area (Å²) in [4.78, 5) is 12.2. The Bertz CT molecular complexity index is 442. The van der Waals surface area contributed by atoms with Gasteiger partial charge in [-0.1, -0.05) is 6.92 Å². The van der Waals surface area contributed by atoms with Crippen molar-refractivity contribution in [3.8, 4) is 0 Å². The molecule has 0 saturated carbocycles. The molecule has 0 aromatic heterocycles. The van der Waals surface area contributed by atoms with E-state index in [4.69, 9.17) is 5.73 Å². The minimum Gasteiger partial charge on any atom is -0.364 e. The fraction of sp³-hybridized carbons (Fsp3) is 0.455. The summed E-state index contributed by atoms with van der Waals surface area (Å²) in [5.74, 6) is -0.323. The average molecular weight is 239 g/mol. The van der Waals surface area contributed by atoms with Crippen molar-refractivity contribution in [2.24, 2.45) is 11.7 Å². The molecule has 17 heavy (non-hydrogen) atoms. The lowest BCUT2D eigenvalue weighted by Gasteiger charge is -2.17.